The van der Waals surface area contributed by atoms with Crippen LogP contribution in [0, 0.1) is 5.82 Å². The number of nitrogens with zero attached hydrogens (tertiary/aromatic N) is 2. The number of carboxylic acid groups (broad SMARTS) is 1. The second-order valence-electron chi connectivity index (χ2n) is 3.63. The number of allylic oxidation sites excluding steroid dienone is 1. The van der Waals surface area contributed by atoms with Gasteiger partial charge < -0.3 is 9.67 Å². The first-order chi connectivity index (χ1) is 8.11. The number of carboxylic acids is 1. The molecule has 0 bridgehead atoms. The highest BCUT2D eigenvalue weighted by Gasteiger charge is 2.13. The van der Waals surface area contributed by atoms with Crippen LogP contribution in [0.5, 0.6) is 0 Å². The molecule has 1 N–H and O–H groups in total. The Balaban J connectivity index is 2.60. The summed E-state index contributed by atoms with van der Waals surface area (Å²) in [5.41, 5.74) is 1.17. The molecule has 0 amide bonds. The Hall–Kier alpha value is -2.17. The second kappa shape index (κ2) is 4.37. The molecule has 0 atom stereocenters. The van der Waals surface area contributed by atoms with Gasteiger partial charge in [-0.1, -0.05) is 6.08 Å². The van der Waals surface area contributed by atoms with Gasteiger partial charge in [0.05, 0.1) is 11.0 Å². The van der Waals surface area contributed by atoms with Crippen molar-refractivity contribution in [1.82, 2.24) is 9.55 Å². The second-order valence-corrected chi connectivity index (χ2v) is 3.63. The summed E-state index contributed by atoms with van der Waals surface area (Å²) < 4.78 is 14.8. The Labute approximate surface area is 97.0 Å². The molecular weight excluding hydrogens is 223 g/mol. The summed E-state index contributed by atoms with van der Waals surface area (Å²) in [6.07, 6.45) is 1.46. The maximum atomic E-state index is 13.0. The molecule has 0 radical (unpaired) electrons. The van der Waals surface area contributed by atoms with E-state index in [-0.39, 0.29) is 12.2 Å². The highest BCUT2D eigenvalue weighted by Crippen LogP contribution is 2.18. The van der Waals surface area contributed by atoms with E-state index in [1.165, 1.54) is 12.1 Å². The van der Waals surface area contributed by atoms with Crippen molar-refractivity contribution in [2.24, 2.45) is 0 Å². The molecule has 2 aromatic rings. The zero-order valence-electron chi connectivity index (χ0n) is 9.06. The molecule has 4 nitrogen and oxygen atoms in total. The smallest absolute Gasteiger partial charge is 0.311 e. The first kappa shape index (κ1) is 11.3. The van der Waals surface area contributed by atoms with E-state index in [1.807, 2.05) is 0 Å². The molecule has 1 aromatic carbocycles. The van der Waals surface area contributed by atoms with E-state index in [2.05, 4.69) is 11.6 Å². The van der Waals surface area contributed by atoms with Crippen molar-refractivity contribution < 1.29 is 14.3 Å². The van der Waals surface area contributed by atoms with Crippen LogP contribution in [0.25, 0.3) is 11.0 Å². The van der Waals surface area contributed by atoms with Crippen LogP contribution in [0.3, 0.4) is 0 Å². The number of carbonyl (C=O) groups is 1. The van der Waals surface area contributed by atoms with Gasteiger partial charge in [-0.05, 0) is 12.1 Å². The third-order valence-corrected chi connectivity index (χ3v) is 2.41. The lowest BCUT2D eigenvalue weighted by molar-refractivity contribution is -0.136. The number of aromatic nitrogens is 2. The Bertz CT molecular complexity index is 589. The van der Waals surface area contributed by atoms with Gasteiger partial charge >= 0.3 is 5.97 Å². The van der Waals surface area contributed by atoms with Crippen molar-refractivity contribution in [2.75, 3.05) is 0 Å². The Morgan fingerprint density at radius 3 is 3.00 bits per heavy atom. The molecule has 0 aliphatic heterocycles. The van der Waals surface area contributed by atoms with Gasteiger partial charge in [-0.15, -0.1) is 6.58 Å². The first-order valence-electron chi connectivity index (χ1n) is 5.09. The van der Waals surface area contributed by atoms with Gasteiger partial charge in [0.15, 0.2) is 0 Å². The number of benzene rings is 1. The van der Waals surface area contributed by atoms with E-state index in [1.54, 1.807) is 16.7 Å². The maximum absolute atomic E-state index is 13.0. The van der Waals surface area contributed by atoms with Crippen LogP contribution in [0.2, 0.25) is 0 Å². The third kappa shape index (κ3) is 2.18. The lowest BCUT2D eigenvalue weighted by Gasteiger charge is -2.03. The fourth-order valence-electron chi connectivity index (χ4n) is 1.76. The minimum Gasteiger partial charge on any atom is -0.481 e. The highest BCUT2D eigenvalue weighted by atomic mass is 19.1. The average molecular weight is 234 g/mol. The van der Waals surface area contributed by atoms with Gasteiger partial charge in [0.1, 0.15) is 18.1 Å². The van der Waals surface area contributed by atoms with Gasteiger partial charge in [0.2, 0.25) is 0 Å². The molecule has 1 heterocycles. The predicted molar refractivity (Wildman–Crippen MR) is 61.2 cm³/mol. The number of imidazole rings is 1. The normalized spacial score (nSPS) is 10.6. The maximum Gasteiger partial charge on any atom is 0.311 e. The summed E-state index contributed by atoms with van der Waals surface area (Å²) in [6.45, 7) is 4.06. The molecule has 0 aliphatic carbocycles. The summed E-state index contributed by atoms with van der Waals surface area (Å²) in [5, 5.41) is 8.79. The van der Waals surface area contributed by atoms with E-state index in [0.717, 1.165) is 0 Å². The Morgan fingerprint density at radius 1 is 1.59 bits per heavy atom. The third-order valence-electron chi connectivity index (χ3n) is 2.41. The minimum atomic E-state index is -0.967. The van der Waals surface area contributed by atoms with Gasteiger partial charge in [-0.2, -0.15) is 0 Å². The molecule has 0 spiro atoms. The Morgan fingerprint density at radius 2 is 2.35 bits per heavy atom. The summed E-state index contributed by atoms with van der Waals surface area (Å²) >= 11 is 0. The zero-order valence-corrected chi connectivity index (χ0v) is 9.06. The van der Waals surface area contributed by atoms with Crippen LogP contribution >= 0.6 is 0 Å². The lowest BCUT2D eigenvalue weighted by Crippen LogP contribution is -2.08. The molecule has 88 valence electrons. The fraction of sp³-hybridized carbons (Fsp3) is 0.167. The van der Waals surface area contributed by atoms with E-state index < -0.39 is 5.97 Å². The van der Waals surface area contributed by atoms with Crippen LogP contribution < -0.4 is 0 Å². The molecule has 0 aliphatic rings. The molecule has 0 fully saturated rings. The van der Waals surface area contributed by atoms with Crippen LogP contribution in [0.4, 0.5) is 4.39 Å². The highest BCUT2D eigenvalue weighted by molar-refractivity contribution is 5.78. The van der Waals surface area contributed by atoms with E-state index >= 15 is 0 Å². The van der Waals surface area contributed by atoms with Gasteiger partial charge in [-0.25, -0.2) is 9.37 Å². The summed E-state index contributed by atoms with van der Waals surface area (Å²) in [6, 6.07) is 4.21. The van der Waals surface area contributed by atoms with E-state index in [9.17, 15) is 9.18 Å². The minimum absolute atomic E-state index is 0.190. The monoisotopic (exact) mass is 234 g/mol. The molecule has 5 heteroatoms. The van der Waals surface area contributed by atoms with Crippen molar-refractivity contribution in [3.8, 4) is 0 Å². The van der Waals surface area contributed by atoms with Crippen molar-refractivity contribution in [3.63, 3.8) is 0 Å². The predicted octanol–water partition coefficient (Wildman–Crippen LogP) is 1.99. The SMILES string of the molecule is C=CCn1c(CC(=O)O)nc2cc(F)ccc21. The van der Waals surface area contributed by atoms with Crippen molar-refractivity contribution >= 4 is 17.0 Å². The number of hydrogen-bond donors (Lipinski definition) is 1. The number of halogens is 1. The van der Waals surface area contributed by atoms with E-state index in [0.29, 0.717) is 23.4 Å². The van der Waals surface area contributed by atoms with Crippen LogP contribution in [0.1, 0.15) is 5.82 Å². The number of fused-ring (bicyclic) bond motifs is 1. The topological polar surface area (TPSA) is 55.1 Å². The Kier molecular flexibility index (Phi) is 2.91. The van der Waals surface area contributed by atoms with Crippen molar-refractivity contribution in [3.05, 3.63) is 42.5 Å². The quantitative estimate of drug-likeness (QED) is 0.823. The zero-order chi connectivity index (χ0) is 12.4. The van der Waals surface area contributed by atoms with E-state index in [4.69, 9.17) is 5.11 Å². The van der Waals surface area contributed by atoms with Gasteiger partial charge in [0, 0.05) is 12.6 Å². The number of aliphatic carboxylic acids is 1. The van der Waals surface area contributed by atoms with Gasteiger partial charge in [-0.3, -0.25) is 4.79 Å². The molecule has 0 unspecified atom stereocenters. The molecule has 17 heavy (non-hydrogen) atoms. The fourth-order valence-corrected chi connectivity index (χ4v) is 1.76. The first-order valence-corrected chi connectivity index (χ1v) is 5.09. The van der Waals surface area contributed by atoms with Crippen LogP contribution in [0.15, 0.2) is 30.9 Å². The molecule has 0 saturated carbocycles. The van der Waals surface area contributed by atoms with Gasteiger partial charge in [0.25, 0.3) is 0 Å². The summed E-state index contributed by atoms with van der Waals surface area (Å²) in [4.78, 5) is 14.8. The number of hydrogen-bond acceptors (Lipinski definition) is 2. The lowest BCUT2D eigenvalue weighted by atomic mass is 10.3. The van der Waals surface area contributed by atoms with Crippen LogP contribution in [-0.4, -0.2) is 20.6 Å². The molecule has 1 aromatic heterocycles. The largest absolute Gasteiger partial charge is 0.481 e. The molecular formula is C12H11FN2O2. The standard InChI is InChI=1S/C12H11FN2O2/c1-2-5-15-10-4-3-8(13)6-9(10)14-11(15)7-12(16)17/h2-4,6H,1,5,7H2,(H,16,17). The number of rotatable bonds is 4. The summed E-state index contributed by atoms with van der Waals surface area (Å²) in [5.74, 6) is -0.952. The van der Waals surface area contributed by atoms with Crippen molar-refractivity contribution in [2.45, 2.75) is 13.0 Å². The summed E-state index contributed by atoms with van der Waals surface area (Å²) in [7, 11) is 0. The average Bonchev–Trinajstić information content (AvgIpc) is 2.55. The van der Waals surface area contributed by atoms with Crippen LogP contribution in [-0.2, 0) is 17.8 Å². The molecule has 0 saturated heterocycles. The van der Waals surface area contributed by atoms with Crippen molar-refractivity contribution in [1.29, 1.82) is 0 Å². The molecule has 2 rings (SSSR count).